The summed E-state index contributed by atoms with van der Waals surface area (Å²) in [7, 11) is 0. The Morgan fingerprint density at radius 2 is 2.04 bits per heavy atom. The molecule has 0 spiro atoms. The van der Waals surface area contributed by atoms with Crippen LogP contribution in [0.4, 0.5) is 0 Å². The Bertz CT molecular complexity index is 626. The molecule has 5 heteroatoms. The number of hydrogen-bond acceptors (Lipinski definition) is 4. The molecule has 1 fully saturated rings. The number of nitrogens with one attached hydrogen (secondary N) is 1. The fourth-order valence-electron chi connectivity index (χ4n) is 2.64. The lowest BCUT2D eigenvalue weighted by atomic mass is 9.95. The van der Waals surface area contributed by atoms with Crippen molar-refractivity contribution in [2.75, 3.05) is 12.3 Å². The minimum Gasteiger partial charge on any atom is -0.382 e. The number of hydrogen-bond donors (Lipinski definition) is 2. The lowest BCUT2D eigenvalue weighted by Crippen LogP contribution is -2.42. The van der Waals surface area contributed by atoms with Gasteiger partial charge in [-0.1, -0.05) is 36.4 Å². The van der Waals surface area contributed by atoms with Crippen molar-refractivity contribution in [1.29, 1.82) is 0 Å². The fourth-order valence-corrected chi connectivity index (χ4v) is 4.36. The molecule has 0 radical (unpaired) electrons. The van der Waals surface area contributed by atoms with Gasteiger partial charge in [-0.05, 0) is 35.8 Å². The van der Waals surface area contributed by atoms with Crippen LogP contribution in [0, 0.1) is 5.92 Å². The van der Waals surface area contributed by atoms with E-state index in [1.165, 1.54) is 5.56 Å². The molecular formula is C18H21NO2S2. The van der Waals surface area contributed by atoms with E-state index in [0.717, 1.165) is 23.5 Å². The largest absolute Gasteiger partial charge is 0.382 e. The first-order chi connectivity index (χ1) is 11.2. The van der Waals surface area contributed by atoms with Gasteiger partial charge in [-0.25, -0.2) is 0 Å². The predicted octanol–water partition coefficient (Wildman–Crippen LogP) is 3.40. The van der Waals surface area contributed by atoms with E-state index < -0.39 is 5.60 Å². The maximum Gasteiger partial charge on any atom is 0.230 e. The van der Waals surface area contributed by atoms with Crippen molar-refractivity contribution in [3.05, 3.63) is 58.3 Å². The molecule has 122 valence electrons. The zero-order valence-corrected chi connectivity index (χ0v) is 14.5. The van der Waals surface area contributed by atoms with Crippen LogP contribution >= 0.6 is 23.1 Å². The van der Waals surface area contributed by atoms with E-state index in [2.05, 4.69) is 17.4 Å². The maximum absolute atomic E-state index is 12.1. The van der Waals surface area contributed by atoms with Gasteiger partial charge in [-0.15, -0.1) is 23.1 Å². The molecule has 23 heavy (non-hydrogen) atoms. The standard InChI is InChI=1S/C18H21NO2S2/c20-17(12-22-11-14-5-2-1-3-6-14)19-13-18(21,15-8-9-15)16-7-4-10-23-16/h1-7,10,15,21H,8-9,11-13H2,(H,19,20). The van der Waals surface area contributed by atoms with Gasteiger partial charge < -0.3 is 10.4 Å². The summed E-state index contributed by atoms with van der Waals surface area (Å²) < 4.78 is 0. The van der Waals surface area contributed by atoms with Gasteiger partial charge in [-0.3, -0.25) is 4.79 Å². The highest BCUT2D eigenvalue weighted by atomic mass is 32.2. The SMILES string of the molecule is O=C(CSCc1ccccc1)NCC(O)(c1cccs1)C1CC1. The van der Waals surface area contributed by atoms with Crippen molar-refractivity contribution in [3.63, 3.8) is 0 Å². The summed E-state index contributed by atoms with van der Waals surface area (Å²) in [6.45, 7) is 0.308. The van der Waals surface area contributed by atoms with Crippen LogP contribution in [0.1, 0.15) is 23.3 Å². The highest BCUT2D eigenvalue weighted by Crippen LogP contribution is 2.46. The number of aliphatic hydroxyl groups is 1. The number of carbonyl (C=O) groups is 1. The minimum atomic E-state index is -0.895. The summed E-state index contributed by atoms with van der Waals surface area (Å²) in [6.07, 6.45) is 2.07. The van der Waals surface area contributed by atoms with Gasteiger partial charge in [0.05, 0.1) is 12.3 Å². The summed E-state index contributed by atoms with van der Waals surface area (Å²) in [6, 6.07) is 14.0. The van der Waals surface area contributed by atoms with Crippen molar-refractivity contribution < 1.29 is 9.90 Å². The van der Waals surface area contributed by atoms with Crippen LogP contribution in [0.5, 0.6) is 0 Å². The third kappa shape index (κ3) is 4.37. The first-order valence-corrected chi connectivity index (χ1v) is 9.86. The van der Waals surface area contributed by atoms with Gasteiger partial charge in [0.2, 0.25) is 5.91 Å². The van der Waals surface area contributed by atoms with Gasteiger partial charge in [0.15, 0.2) is 0 Å². The van der Waals surface area contributed by atoms with Crippen molar-refractivity contribution in [1.82, 2.24) is 5.32 Å². The number of carbonyl (C=O) groups excluding carboxylic acids is 1. The molecule has 1 aromatic carbocycles. The molecule has 1 unspecified atom stereocenters. The van der Waals surface area contributed by atoms with Crippen molar-refractivity contribution in [2.24, 2.45) is 5.92 Å². The lowest BCUT2D eigenvalue weighted by Gasteiger charge is -2.27. The molecule has 0 aliphatic heterocycles. The summed E-state index contributed by atoms with van der Waals surface area (Å²) in [4.78, 5) is 13.0. The van der Waals surface area contributed by atoms with E-state index in [4.69, 9.17) is 0 Å². The van der Waals surface area contributed by atoms with Crippen LogP contribution in [-0.4, -0.2) is 23.3 Å². The summed E-state index contributed by atoms with van der Waals surface area (Å²) in [5, 5.41) is 15.8. The summed E-state index contributed by atoms with van der Waals surface area (Å²) in [5.41, 5.74) is 0.326. The van der Waals surface area contributed by atoms with E-state index >= 15 is 0 Å². The van der Waals surface area contributed by atoms with E-state index in [9.17, 15) is 9.90 Å². The number of rotatable bonds is 8. The third-order valence-corrected chi connectivity index (χ3v) is 6.14. The Hall–Kier alpha value is -1.30. The second-order valence-electron chi connectivity index (χ2n) is 5.93. The highest BCUT2D eigenvalue weighted by Gasteiger charge is 2.45. The topological polar surface area (TPSA) is 49.3 Å². The Balaban J connectivity index is 1.46. The number of benzene rings is 1. The Labute approximate surface area is 145 Å². The van der Waals surface area contributed by atoms with Crippen LogP contribution in [-0.2, 0) is 16.1 Å². The van der Waals surface area contributed by atoms with Crippen LogP contribution in [0.25, 0.3) is 0 Å². The van der Waals surface area contributed by atoms with Crippen LogP contribution < -0.4 is 5.32 Å². The zero-order valence-electron chi connectivity index (χ0n) is 12.9. The van der Waals surface area contributed by atoms with Crippen molar-refractivity contribution in [2.45, 2.75) is 24.2 Å². The zero-order chi connectivity index (χ0) is 16.1. The van der Waals surface area contributed by atoms with Crippen LogP contribution in [0.15, 0.2) is 47.8 Å². The Morgan fingerprint density at radius 3 is 2.70 bits per heavy atom. The Morgan fingerprint density at radius 1 is 1.26 bits per heavy atom. The molecule has 3 nitrogen and oxygen atoms in total. The van der Waals surface area contributed by atoms with E-state index in [0.29, 0.717) is 12.3 Å². The van der Waals surface area contributed by atoms with Crippen LogP contribution in [0.3, 0.4) is 0 Å². The van der Waals surface area contributed by atoms with E-state index in [-0.39, 0.29) is 11.8 Å². The van der Waals surface area contributed by atoms with E-state index in [1.807, 2.05) is 35.7 Å². The second kappa shape index (κ2) is 7.51. The molecular weight excluding hydrogens is 326 g/mol. The molecule has 3 rings (SSSR count). The molecule has 1 aliphatic rings. The van der Waals surface area contributed by atoms with Gasteiger partial charge in [0, 0.05) is 10.6 Å². The highest BCUT2D eigenvalue weighted by molar-refractivity contribution is 7.99. The predicted molar refractivity (Wildman–Crippen MR) is 96.6 cm³/mol. The molecule has 1 atom stereocenters. The first-order valence-electron chi connectivity index (χ1n) is 7.83. The summed E-state index contributed by atoms with van der Waals surface area (Å²) >= 11 is 3.15. The molecule has 0 saturated heterocycles. The van der Waals surface area contributed by atoms with Gasteiger partial charge in [0.25, 0.3) is 0 Å². The molecule has 0 bridgehead atoms. The van der Waals surface area contributed by atoms with Gasteiger partial charge >= 0.3 is 0 Å². The normalized spacial score (nSPS) is 16.7. The molecule has 1 saturated carbocycles. The average Bonchev–Trinajstić information content (AvgIpc) is 3.29. The lowest BCUT2D eigenvalue weighted by molar-refractivity contribution is -0.120. The second-order valence-corrected chi connectivity index (χ2v) is 7.86. The molecule has 1 heterocycles. The summed E-state index contributed by atoms with van der Waals surface area (Å²) in [5.74, 6) is 1.51. The molecule has 1 aromatic heterocycles. The number of thiophene rings is 1. The molecule has 1 aliphatic carbocycles. The van der Waals surface area contributed by atoms with Crippen LogP contribution in [0.2, 0.25) is 0 Å². The van der Waals surface area contributed by atoms with E-state index in [1.54, 1.807) is 23.1 Å². The molecule has 2 aromatic rings. The number of thioether (sulfide) groups is 1. The minimum absolute atomic E-state index is 0.0124. The van der Waals surface area contributed by atoms with Gasteiger partial charge in [0.1, 0.15) is 5.60 Å². The van der Waals surface area contributed by atoms with Crippen molar-refractivity contribution >= 4 is 29.0 Å². The maximum atomic E-state index is 12.1. The Kier molecular flexibility index (Phi) is 5.41. The van der Waals surface area contributed by atoms with Gasteiger partial charge in [-0.2, -0.15) is 0 Å². The molecule has 2 N–H and O–H groups in total. The quantitative estimate of drug-likeness (QED) is 0.769. The molecule has 1 amide bonds. The monoisotopic (exact) mass is 347 g/mol. The average molecular weight is 348 g/mol. The number of amides is 1. The smallest absolute Gasteiger partial charge is 0.230 e. The third-order valence-electron chi connectivity index (χ3n) is 4.10. The first kappa shape index (κ1) is 16.6. The fraction of sp³-hybridized carbons (Fsp3) is 0.389. The van der Waals surface area contributed by atoms with Crippen molar-refractivity contribution in [3.8, 4) is 0 Å².